The largest absolute Gasteiger partial charge is 0.480 e. The van der Waals surface area contributed by atoms with E-state index in [1.165, 1.54) is 17.6 Å². The van der Waals surface area contributed by atoms with Gasteiger partial charge in [0.2, 0.25) is 5.91 Å². The zero-order chi connectivity index (χ0) is 24.1. The van der Waals surface area contributed by atoms with Crippen molar-refractivity contribution in [3.63, 3.8) is 0 Å². The smallest absolute Gasteiger partial charge is 0.335 e. The van der Waals surface area contributed by atoms with Gasteiger partial charge in [0.1, 0.15) is 6.54 Å². The number of esters is 1. The fraction of sp³-hybridized carbons (Fsp3) is 0.560. The van der Waals surface area contributed by atoms with Crippen LogP contribution in [0.1, 0.15) is 59.3 Å². The molecule has 1 heterocycles. The van der Waals surface area contributed by atoms with Crippen molar-refractivity contribution in [2.45, 2.75) is 65.4 Å². The minimum absolute atomic E-state index is 0.160. The summed E-state index contributed by atoms with van der Waals surface area (Å²) < 4.78 is 4.52. The van der Waals surface area contributed by atoms with E-state index in [9.17, 15) is 19.5 Å². The first-order valence-corrected chi connectivity index (χ1v) is 11.1. The van der Waals surface area contributed by atoms with Crippen LogP contribution in [0, 0.1) is 5.92 Å². The summed E-state index contributed by atoms with van der Waals surface area (Å²) >= 11 is 0. The van der Waals surface area contributed by atoms with Crippen molar-refractivity contribution < 1.29 is 29.3 Å². The molecule has 178 valence electrons. The summed E-state index contributed by atoms with van der Waals surface area (Å²) in [6.45, 7) is 6.25. The van der Waals surface area contributed by atoms with Crippen LogP contribution in [0.15, 0.2) is 47.1 Å². The number of hydrogen-bond acceptors (Lipinski definition) is 5. The minimum Gasteiger partial charge on any atom is -0.480 e. The van der Waals surface area contributed by atoms with Crippen molar-refractivity contribution >= 4 is 17.8 Å². The first-order valence-electron chi connectivity index (χ1n) is 11.1. The number of carboxylic acid groups (broad SMARTS) is 1. The normalized spacial score (nSPS) is 17.0. The van der Waals surface area contributed by atoms with Crippen LogP contribution in [-0.2, 0) is 19.1 Å². The van der Waals surface area contributed by atoms with E-state index in [0.717, 1.165) is 31.3 Å². The zero-order valence-corrected chi connectivity index (χ0v) is 19.7. The molecule has 2 atom stereocenters. The molecule has 0 spiro atoms. The third-order valence-electron chi connectivity index (χ3n) is 5.39. The number of carbonyl (C=O) groups excluding carboxylic acids is 2. The highest BCUT2D eigenvalue weighted by Gasteiger charge is 2.24. The maximum Gasteiger partial charge on any atom is 0.335 e. The fourth-order valence-electron chi connectivity index (χ4n) is 3.45. The molecule has 2 N–H and O–H groups in total. The molecule has 0 bridgehead atoms. The third-order valence-corrected chi connectivity index (χ3v) is 5.39. The Kier molecular flexibility index (Phi) is 12.3. The van der Waals surface area contributed by atoms with E-state index >= 15 is 0 Å². The first-order chi connectivity index (χ1) is 15.1. The summed E-state index contributed by atoms with van der Waals surface area (Å²) in [5.41, 5.74) is 2.91. The van der Waals surface area contributed by atoms with Crippen LogP contribution in [-0.4, -0.2) is 59.3 Å². The highest BCUT2D eigenvalue weighted by molar-refractivity contribution is 5.97. The van der Waals surface area contributed by atoms with Crippen LogP contribution in [0.25, 0.3) is 0 Å². The summed E-state index contributed by atoms with van der Waals surface area (Å²) in [4.78, 5) is 35.5. The number of amides is 1. The fourth-order valence-corrected chi connectivity index (χ4v) is 3.45. The number of carboxylic acids is 1. The van der Waals surface area contributed by atoms with E-state index in [2.05, 4.69) is 36.8 Å². The molecular weight excluding hydrogens is 410 g/mol. The van der Waals surface area contributed by atoms with Gasteiger partial charge in [-0.3, -0.25) is 9.59 Å². The minimum atomic E-state index is -1.10. The molecule has 0 aromatic heterocycles. The van der Waals surface area contributed by atoms with Crippen LogP contribution in [0.4, 0.5) is 0 Å². The van der Waals surface area contributed by atoms with Crippen LogP contribution in [0.2, 0.25) is 0 Å². The highest BCUT2D eigenvalue weighted by atomic mass is 16.5. The average Bonchev–Trinajstić information content (AvgIpc) is 3.06. The number of hydrogen-bond donors (Lipinski definition) is 2. The van der Waals surface area contributed by atoms with Gasteiger partial charge in [-0.05, 0) is 51.9 Å². The summed E-state index contributed by atoms with van der Waals surface area (Å²) in [5.74, 6) is -1.36. The first kappa shape index (κ1) is 27.4. The topological polar surface area (TPSA) is 104 Å². The van der Waals surface area contributed by atoms with Gasteiger partial charge >= 0.3 is 11.9 Å². The van der Waals surface area contributed by atoms with Crippen LogP contribution in [0.5, 0.6) is 0 Å². The van der Waals surface area contributed by atoms with Crippen LogP contribution >= 0.6 is 0 Å². The lowest BCUT2D eigenvalue weighted by Crippen LogP contribution is -2.32. The van der Waals surface area contributed by atoms with Gasteiger partial charge in [-0.25, -0.2) is 4.79 Å². The summed E-state index contributed by atoms with van der Waals surface area (Å²) in [7, 11) is 1.26. The van der Waals surface area contributed by atoms with Gasteiger partial charge in [-0.1, -0.05) is 48.5 Å². The lowest BCUT2D eigenvalue weighted by molar-refractivity contribution is -0.150. The number of allylic oxidation sites excluding steroid dienone is 5. The van der Waals surface area contributed by atoms with Gasteiger partial charge in [0, 0.05) is 18.5 Å². The van der Waals surface area contributed by atoms with Gasteiger partial charge in [-0.2, -0.15) is 0 Å². The number of nitrogens with zero attached hydrogens (tertiary/aromatic N) is 1. The highest BCUT2D eigenvalue weighted by Crippen LogP contribution is 2.19. The van der Waals surface area contributed by atoms with Gasteiger partial charge in [0.05, 0.1) is 7.11 Å². The second-order valence-electron chi connectivity index (χ2n) is 8.41. The molecule has 0 aromatic carbocycles. The number of aliphatic hydroxyl groups is 1. The Morgan fingerprint density at radius 1 is 1.28 bits per heavy atom. The summed E-state index contributed by atoms with van der Waals surface area (Å²) in [5, 5.41) is 18.5. The number of aliphatic carboxylic acids is 1. The van der Waals surface area contributed by atoms with Crippen molar-refractivity contribution in [3.8, 4) is 0 Å². The molecule has 0 saturated carbocycles. The van der Waals surface area contributed by atoms with Crippen molar-refractivity contribution in [1.82, 2.24) is 4.90 Å². The molecule has 1 aliphatic rings. The van der Waals surface area contributed by atoms with E-state index in [1.54, 1.807) is 0 Å². The maximum absolute atomic E-state index is 12.1. The number of carbonyl (C=O) groups is 3. The Morgan fingerprint density at radius 3 is 2.66 bits per heavy atom. The second-order valence-corrected chi connectivity index (χ2v) is 8.41. The number of rotatable bonds is 14. The molecule has 1 rings (SSSR count). The molecule has 0 unspecified atom stereocenters. The average molecular weight is 448 g/mol. The maximum atomic E-state index is 12.1. The van der Waals surface area contributed by atoms with E-state index < -0.39 is 18.0 Å². The van der Waals surface area contributed by atoms with Gasteiger partial charge in [0.25, 0.3) is 0 Å². The molecule has 32 heavy (non-hydrogen) atoms. The lowest BCUT2D eigenvalue weighted by atomic mass is 10.0. The van der Waals surface area contributed by atoms with Crippen LogP contribution in [0.3, 0.4) is 0 Å². The predicted octanol–water partition coefficient (Wildman–Crippen LogP) is 3.80. The van der Waals surface area contributed by atoms with Crippen molar-refractivity contribution in [2.75, 3.05) is 20.2 Å². The van der Waals surface area contributed by atoms with E-state index in [0.29, 0.717) is 30.9 Å². The molecule has 1 aliphatic heterocycles. The molecular formula is C25H37NO6. The van der Waals surface area contributed by atoms with Crippen LogP contribution < -0.4 is 0 Å². The molecule has 7 heteroatoms. The summed E-state index contributed by atoms with van der Waals surface area (Å²) in [6, 6.07) is 0. The molecule has 0 radical (unpaired) electrons. The number of methoxy groups -OCH3 is 1. The molecule has 0 saturated heterocycles. The quantitative estimate of drug-likeness (QED) is 0.238. The second kappa shape index (κ2) is 14.4. The zero-order valence-electron chi connectivity index (χ0n) is 19.7. The van der Waals surface area contributed by atoms with E-state index in [1.807, 2.05) is 19.1 Å². The standard InChI is InChI=1S/C25H37NO6/c1-18(10-6-12-20(3)16-22(27)25(31)32-4)8-5-9-19(2)11-7-13-21-14-15-26(24(21)30)17-23(28)29/h5,8-9,12,14,18,22,27H,6-7,10-11,13,15-17H2,1-4H3,(H,28,29)/b8-5+,19-9+,20-12-/t18-,22-/m1/s1. The SMILES string of the molecule is COC(=O)[C@H](O)C/C(C)=C\CC[C@H](C)/C=C/C=C(\C)CCCC1=CCN(CC(=O)O)C1=O. The van der Waals surface area contributed by atoms with E-state index in [-0.39, 0.29) is 12.5 Å². The Hall–Kier alpha value is -2.67. The molecule has 7 nitrogen and oxygen atoms in total. The Morgan fingerprint density at radius 2 is 2.00 bits per heavy atom. The van der Waals surface area contributed by atoms with Crippen molar-refractivity contribution in [1.29, 1.82) is 0 Å². The molecule has 0 fully saturated rings. The monoisotopic (exact) mass is 447 g/mol. The number of aliphatic hydroxyl groups excluding tert-OH is 1. The Balaban J connectivity index is 2.30. The van der Waals surface area contributed by atoms with Gasteiger partial charge in [0.15, 0.2) is 6.10 Å². The third kappa shape index (κ3) is 10.6. The Labute approximate surface area is 191 Å². The van der Waals surface area contributed by atoms with Gasteiger partial charge < -0.3 is 19.8 Å². The van der Waals surface area contributed by atoms with Gasteiger partial charge in [-0.15, -0.1) is 0 Å². The van der Waals surface area contributed by atoms with E-state index in [4.69, 9.17) is 5.11 Å². The molecule has 0 aliphatic carbocycles. The number of ether oxygens (including phenoxy) is 1. The molecule has 0 aromatic rings. The summed E-state index contributed by atoms with van der Waals surface area (Å²) in [6.07, 6.45) is 13.6. The van der Waals surface area contributed by atoms with Crippen molar-refractivity contribution in [2.24, 2.45) is 5.92 Å². The predicted molar refractivity (Wildman–Crippen MR) is 124 cm³/mol. The lowest BCUT2D eigenvalue weighted by Gasteiger charge is -2.13. The Bertz CT molecular complexity index is 777. The molecule has 1 amide bonds. The van der Waals surface area contributed by atoms with Crippen molar-refractivity contribution in [3.05, 3.63) is 47.1 Å².